The van der Waals surface area contributed by atoms with E-state index in [0.29, 0.717) is 29.3 Å². The summed E-state index contributed by atoms with van der Waals surface area (Å²) in [6, 6.07) is 8.88. The SMILES string of the molecule is COc1ccc(CN2Cc3nc(-c4c(F)cccc4F)nc(Cl)c3C2O)c(OC)c1. The molecule has 1 N–H and O–H groups in total. The Morgan fingerprint density at radius 3 is 2.53 bits per heavy atom. The predicted octanol–water partition coefficient (Wildman–Crippen LogP) is 4.10. The normalized spacial score (nSPS) is 15.9. The number of rotatable bonds is 5. The summed E-state index contributed by atoms with van der Waals surface area (Å²) >= 11 is 6.27. The Kier molecular flexibility index (Phi) is 5.55. The molecule has 0 radical (unpaired) electrons. The number of benzene rings is 2. The molecule has 9 heteroatoms. The third-order valence-corrected chi connectivity index (χ3v) is 5.28. The first-order chi connectivity index (χ1) is 14.4. The zero-order chi connectivity index (χ0) is 21.4. The van der Waals surface area contributed by atoms with Crippen molar-refractivity contribution in [1.29, 1.82) is 0 Å². The van der Waals surface area contributed by atoms with Crippen LogP contribution >= 0.6 is 11.6 Å². The van der Waals surface area contributed by atoms with Crippen molar-refractivity contribution in [2.45, 2.75) is 19.3 Å². The van der Waals surface area contributed by atoms with Crippen LogP contribution in [0.5, 0.6) is 11.5 Å². The third kappa shape index (κ3) is 3.58. The van der Waals surface area contributed by atoms with Crippen LogP contribution < -0.4 is 9.47 Å². The van der Waals surface area contributed by atoms with Gasteiger partial charge >= 0.3 is 0 Å². The van der Waals surface area contributed by atoms with Gasteiger partial charge in [0.15, 0.2) is 5.82 Å². The first-order valence-electron chi connectivity index (χ1n) is 9.06. The molecule has 2 aromatic carbocycles. The van der Waals surface area contributed by atoms with E-state index >= 15 is 0 Å². The van der Waals surface area contributed by atoms with E-state index in [0.717, 1.165) is 17.7 Å². The quantitative estimate of drug-likeness (QED) is 0.611. The van der Waals surface area contributed by atoms with E-state index in [1.807, 2.05) is 6.07 Å². The molecule has 1 unspecified atom stereocenters. The zero-order valence-corrected chi connectivity index (χ0v) is 17.0. The van der Waals surface area contributed by atoms with E-state index < -0.39 is 17.9 Å². The van der Waals surface area contributed by atoms with Crippen LogP contribution in [-0.4, -0.2) is 34.2 Å². The Hall–Kier alpha value is -2.81. The molecule has 0 bridgehead atoms. The van der Waals surface area contributed by atoms with E-state index in [9.17, 15) is 13.9 Å². The monoisotopic (exact) mass is 433 g/mol. The van der Waals surface area contributed by atoms with Gasteiger partial charge in [-0.05, 0) is 18.2 Å². The molecule has 0 spiro atoms. The van der Waals surface area contributed by atoms with Gasteiger partial charge in [-0.2, -0.15) is 0 Å². The molecule has 0 aliphatic carbocycles. The van der Waals surface area contributed by atoms with Crippen LogP contribution in [0.25, 0.3) is 11.4 Å². The molecule has 0 fully saturated rings. The molecule has 1 aliphatic heterocycles. The Morgan fingerprint density at radius 1 is 1.13 bits per heavy atom. The summed E-state index contributed by atoms with van der Waals surface area (Å²) in [5, 5.41) is 10.7. The Labute approximate surface area is 176 Å². The van der Waals surface area contributed by atoms with Crippen molar-refractivity contribution in [1.82, 2.24) is 14.9 Å². The van der Waals surface area contributed by atoms with Crippen LogP contribution in [0.15, 0.2) is 36.4 Å². The number of nitrogens with zero attached hydrogens (tertiary/aromatic N) is 3. The lowest BCUT2D eigenvalue weighted by Crippen LogP contribution is -2.21. The standard InChI is InChI=1S/C21H18ClF2N3O3/c1-29-12-7-6-11(16(8-12)30-2)9-27-10-15-18(21(27)28)19(22)26-20(25-15)17-13(23)4-3-5-14(17)24/h3-8,21,28H,9-10H2,1-2H3. The van der Waals surface area contributed by atoms with E-state index in [2.05, 4.69) is 9.97 Å². The van der Waals surface area contributed by atoms with Gasteiger partial charge < -0.3 is 14.6 Å². The third-order valence-electron chi connectivity index (χ3n) is 4.99. The first-order valence-corrected chi connectivity index (χ1v) is 9.44. The summed E-state index contributed by atoms with van der Waals surface area (Å²) in [7, 11) is 3.11. The number of halogens is 3. The highest BCUT2D eigenvalue weighted by molar-refractivity contribution is 6.30. The van der Waals surface area contributed by atoms with Crippen LogP contribution in [0.2, 0.25) is 5.15 Å². The van der Waals surface area contributed by atoms with E-state index in [-0.39, 0.29) is 23.1 Å². The number of hydrogen-bond acceptors (Lipinski definition) is 6. The Bertz CT molecular complexity index is 1090. The van der Waals surface area contributed by atoms with Gasteiger partial charge in [-0.1, -0.05) is 23.7 Å². The number of aliphatic hydroxyl groups excluding tert-OH is 1. The highest BCUT2D eigenvalue weighted by Crippen LogP contribution is 2.39. The average molecular weight is 434 g/mol. The summed E-state index contributed by atoms with van der Waals surface area (Å²) in [6.07, 6.45) is -1.07. The molecule has 156 valence electrons. The largest absolute Gasteiger partial charge is 0.497 e. The van der Waals surface area contributed by atoms with Crippen molar-refractivity contribution in [3.05, 3.63) is 70.0 Å². The highest BCUT2D eigenvalue weighted by Gasteiger charge is 2.34. The fourth-order valence-electron chi connectivity index (χ4n) is 3.49. The minimum atomic E-state index is -1.07. The van der Waals surface area contributed by atoms with Crippen molar-refractivity contribution < 1.29 is 23.4 Å². The first kappa shape index (κ1) is 20.5. The van der Waals surface area contributed by atoms with Crippen LogP contribution in [0.3, 0.4) is 0 Å². The Morgan fingerprint density at radius 2 is 1.87 bits per heavy atom. The summed E-state index contributed by atoms with van der Waals surface area (Å²) in [4.78, 5) is 10.0. The van der Waals surface area contributed by atoms with E-state index in [1.54, 1.807) is 31.3 Å². The molecular formula is C21H18ClF2N3O3. The fraction of sp³-hybridized carbons (Fsp3) is 0.238. The second-order valence-corrected chi connectivity index (χ2v) is 7.11. The topological polar surface area (TPSA) is 67.7 Å². The highest BCUT2D eigenvalue weighted by atomic mass is 35.5. The van der Waals surface area contributed by atoms with Gasteiger partial charge in [0.2, 0.25) is 0 Å². The van der Waals surface area contributed by atoms with Crippen LogP contribution in [0.4, 0.5) is 8.78 Å². The Balaban J connectivity index is 1.67. The lowest BCUT2D eigenvalue weighted by molar-refractivity contribution is 0.00710. The van der Waals surface area contributed by atoms with Crippen molar-refractivity contribution in [2.75, 3.05) is 14.2 Å². The maximum absolute atomic E-state index is 14.2. The van der Waals surface area contributed by atoms with Crippen molar-refractivity contribution in [3.63, 3.8) is 0 Å². The van der Waals surface area contributed by atoms with E-state index in [1.165, 1.54) is 6.07 Å². The van der Waals surface area contributed by atoms with Gasteiger partial charge in [0.05, 0.1) is 31.0 Å². The molecular weight excluding hydrogens is 416 g/mol. The molecule has 1 atom stereocenters. The van der Waals surface area contributed by atoms with E-state index in [4.69, 9.17) is 21.1 Å². The lowest BCUT2D eigenvalue weighted by Gasteiger charge is -2.21. The number of ether oxygens (including phenoxy) is 2. The second-order valence-electron chi connectivity index (χ2n) is 6.75. The molecule has 2 heterocycles. The second kappa shape index (κ2) is 8.14. The number of aromatic nitrogens is 2. The maximum atomic E-state index is 14.2. The van der Waals surface area contributed by atoms with Crippen LogP contribution in [0, 0.1) is 11.6 Å². The van der Waals surface area contributed by atoms with Gasteiger partial charge in [-0.15, -0.1) is 0 Å². The smallest absolute Gasteiger partial charge is 0.167 e. The zero-order valence-electron chi connectivity index (χ0n) is 16.2. The molecule has 0 amide bonds. The molecule has 0 saturated heterocycles. The molecule has 30 heavy (non-hydrogen) atoms. The van der Waals surface area contributed by atoms with Crippen molar-refractivity contribution in [3.8, 4) is 22.9 Å². The predicted molar refractivity (Wildman–Crippen MR) is 106 cm³/mol. The minimum absolute atomic E-state index is 0.0469. The summed E-state index contributed by atoms with van der Waals surface area (Å²) < 4.78 is 38.9. The lowest BCUT2D eigenvalue weighted by atomic mass is 10.1. The number of aliphatic hydroxyl groups is 1. The van der Waals surface area contributed by atoms with Crippen LogP contribution in [0.1, 0.15) is 23.0 Å². The number of fused-ring (bicyclic) bond motifs is 1. The van der Waals surface area contributed by atoms with Gasteiger partial charge in [-0.3, -0.25) is 4.90 Å². The molecule has 6 nitrogen and oxygen atoms in total. The summed E-state index contributed by atoms with van der Waals surface area (Å²) in [5.41, 5.74) is 1.19. The molecule has 1 aromatic heterocycles. The fourth-order valence-corrected chi connectivity index (χ4v) is 3.78. The summed E-state index contributed by atoms with van der Waals surface area (Å²) in [5.74, 6) is -0.491. The van der Waals surface area contributed by atoms with Gasteiger partial charge in [0, 0.05) is 24.7 Å². The van der Waals surface area contributed by atoms with Gasteiger partial charge in [0.1, 0.15) is 34.5 Å². The summed E-state index contributed by atoms with van der Waals surface area (Å²) in [6.45, 7) is 0.543. The van der Waals surface area contributed by atoms with Gasteiger partial charge in [-0.25, -0.2) is 18.7 Å². The molecule has 4 rings (SSSR count). The molecule has 0 saturated carbocycles. The van der Waals surface area contributed by atoms with Crippen molar-refractivity contribution >= 4 is 11.6 Å². The maximum Gasteiger partial charge on any atom is 0.167 e. The number of methoxy groups -OCH3 is 2. The molecule has 1 aliphatic rings. The number of hydrogen-bond donors (Lipinski definition) is 1. The van der Waals surface area contributed by atoms with Crippen LogP contribution in [-0.2, 0) is 13.1 Å². The van der Waals surface area contributed by atoms with Gasteiger partial charge in [0.25, 0.3) is 0 Å². The molecule has 3 aromatic rings. The minimum Gasteiger partial charge on any atom is -0.497 e. The average Bonchev–Trinajstić information content (AvgIpc) is 3.04. The van der Waals surface area contributed by atoms with Crippen molar-refractivity contribution in [2.24, 2.45) is 0 Å².